The molecule has 0 radical (unpaired) electrons. The van der Waals surface area contributed by atoms with Crippen LogP contribution in [0.5, 0.6) is 0 Å². The molecule has 7 nitrogen and oxygen atoms in total. The van der Waals surface area contributed by atoms with Crippen LogP contribution in [0.2, 0.25) is 0 Å². The molecule has 6 rings (SSSR count). The molecular weight excluding hydrogens is 532 g/mol. The number of aromatic nitrogens is 2. The summed E-state index contributed by atoms with van der Waals surface area (Å²) in [6.07, 6.45) is 1.71. The third-order valence-corrected chi connectivity index (χ3v) is 8.36. The van der Waals surface area contributed by atoms with Crippen molar-refractivity contribution in [2.75, 3.05) is 16.8 Å². The van der Waals surface area contributed by atoms with Crippen LogP contribution in [0.25, 0.3) is 32.6 Å². The molecule has 0 fully saturated rings. The fourth-order valence-electron chi connectivity index (χ4n) is 5.20. The van der Waals surface area contributed by atoms with Gasteiger partial charge in [0.25, 0.3) is 0 Å². The van der Waals surface area contributed by atoms with Crippen molar-refractivity contribution < 1.29 is 14.7 Å². The van der Waals surface area contributed by atoms with Crippen molar-refractivity contribution >= 4 is 44.4 Å². The van der Waals surface area contributed by atoms with Gasteiger partial charge in [-0.2, -0.15) is 0 Å². The fraction of sp³-hybridized carbons (Fsp3) is 0.212. The van der Waals surface area contributed by atoms with Gasteiger partial charge in [-0.25, -0.2) is 19.6 Å². The summed E-state index contributed by atoms with van der Waals surface area (Å²) in [4.78, 5) is 36.5. The molecule has 206 valence electrons. The number of carbonyl (C=O) groups is 2. The standard InChI is InChI=1S/C33H30N4O3S/c1-33(2,3)23-14-12-20(13-15-23)24-16-17-25(34-29(24)30(38)39)22-11-10-21-7-6-18-37(27(21)19-22)32(40)36-31-35-26-8-4-5-9-28(26)41-31/h4-5,8-17,19H,6-7,18H2,1-3H3,(H,38,39)(H,35,36,40). The van der Waals surface area contributed by atoms with Crippen LogP contribution >= 0.6 is 11.3 Å². The number of nitrogens with one attached hydrogen (secondary N) is 1. The van der Waals surface area contributed by atoms with Crippen LogP contribution in [0.4, 0.5) is 15.6 Å². The Balaban J connectivity index is 1.31. The second kappa shape index (κ2) is 10.4. The third-order valence-electron chi connectivity index (χ3n) is 7.41. The number of pyridine rings is 1. The van der Waals surface area contributed by atoms with Gasteiger partial charge in [0, 0.05) is 23.4 Å². The molecule has 3 heterocycles. The highest BCUT2D eigenvalue weighted by Gasteiger charge is 2.25. The molecule has 0 aliphatic carbocycles. The molecule has 41 heavy (non-hydrogen) atoms. The average Bonchev–Trinajstić information content (AvgIpc) is 3.38. The molecule has 8 heteroatoms. The quantitative estimate of drug-likeness (QED) is 0.231. The summed E-state index contributed by atoms with van der Waals surface area (Å²) in [6.45, 7) is 7.01. The molecule has 2 aromatic heterocycles. The zero-order valence-corrected chi connectivity index (χ0v) is 24.0. The summed E-state index contributed by atoms with van der Waals surface area (Å²) < 4.78 is 1.01. The van der Waals surface area contributed by atoms with E-state index in [9.17, 15) is 14.7 Å². The van der Waals surface area contributed by atoms with E-state index in [1.54, 1.807) is 4.90 Å². The van der Waals surface area contributed by atoms with Gasteiger partial charge in [-0.1, -0.05) is 80.6 Å². The lowest BCUT2D eigenvalue weighted by atomic mass is 9.86. The Morgan fingerprint density at radius 1 is 0.927 bits per heavy atom. The van der Waals surface area contributed by atoms with E-state index in [1.807, 2.05) is 78.9 Å². The number of aromatic carboxylic acids is 1. The fourth-order valence-corrected chi connectivity index (χ4v) is 6.05. The topological polar surface area (TPSA) is 95.4 Å². The van der Waals surface area contributed by atoms with Crippen LogP contribution in [0.1, 0.15) is 48.8 Å². The Hall–Kier alpha value is -4.56. The molecule has 0 atom stereocenters. The van der Waals surface area contributed by atoms with E-state index in [0.29, 0.717) is 22.9 Å². The highest BCUT2D eigenvalue weighted by atomic mass is 32.1. The molecule has 2 N–H and O–H groups in total. The Bertz CT molecular complexity index is 1750. The summed E-state index contributed by atoms with van der Waals surface area (Å²) in [5.74, 6) is -1.09. The third kappa shape index (κ3) is 5.30. The van der Waals surface area contributed by atoms with Crippen molar-refractivity contribution in [1.82, 2.24) is 9.97 Å². The minimum atomic E-state index is -1.09. The number of fused-ring (bicyclic) bond motifs is 2. The second-order valence-electron chi connectivity index (χ2n) is 11.2. The van der Waals surface area contributed by atoms with Crippen LogP contribution < -0.4 is 10.2 Å². The van der Waals surface area contributed by atoms with Crippen LogP contribution in [0, 0.1) is 0 Å². The smallest absolute Gasteiger partial charge is 0.355 e. The zero-order chi connectivity index (χ0) is 28.7. The number of carboxylic acids is 1. The van der Waals surface area contributed by atoms with Crippen LogP contribution in [0.3, 0.4) is 0 Å². The van der Waals surface area contributed by atoms with Gasteiger partial charge in [0.1, 0.15) is 0 Å². The zero-order valence-electron chi connectivity index (χ0n) is 23.1. The van der Waals surface area contributed by atoms with Gasteiger partial charge in [0.2, 0.25) is 0 Å². The van der Waals surface area contributed by atoms with Crippen molar-refractivity contribution in [1.29, 1.82) is 0 Å². The Morgan fingerprint density at radius 3 is 2.41 bits per heavy atom. The van der Waals surface area contributed by atoms with Gasteiger partial charge in [0.05, 0.1) is 15.9 Å². The molecule has 0 spiro atoms. The van der Waals surface area contributed by atoms with Crippen molar-refractivity contribution in [3.05, 3.63) is 95.7 Å². The van der Waals surface area contributed by atoms with Crippen molar-refractivity contribution in [3.8, 4) is 22.4 Å². The van der Waals surface area contributed by atoms with Crippen molar-refractivity contribution in [3.63, 3.8) is 0 Å². The molecule has 0 bridgehead atoms. The van der Waals surface area contributed by atoms with E-state index >= 15 is 0 Å². The van der Waals surface area contributed by atoms with Crippen molar-refractivity contribution in [2.45, 2.75) is 39.0 Å². The lowest BCUT2D eigenvalue weighted by Crippen LogP contribution is -2.38. The van der Waals surface area contributed by atoms with Gasteiger partial charge in [0.15, 0.2) is 10.8 Å². The maximum absolute atomic E-state index is 13.4. The molecule has 5 aromatic rings. The average molecular weight is 563 g/mol. The molecule has 0 unspecified atom stereocenters. The number of nitrogens with zero attached hydrogens (tertiary/aromatic N) is 3. The highest BCUT2D eigenvalue weighted by Crippen LogP contribution is 2.35. The number of amides is 2. The molecule has 0 saturated heterocycles. The lowest BCUT2D eigenvalue weighted by molar-refractivity contribution is 0.0691. The molecule has 0 saturated carbocycles. The minimum absolute atomic E-state index is 0.00187. The summed E-state index contributed by atoms with van der Waals surface area (Å²) in [5, 5.41) is 13.6. The number of rotatable bonds is 4. The van der Waals surface area contributed by atoms with Crippen molar-refractivity contribution in [2.24, 2.45) is 0 Å². The molecular formula is C33H30N4O3S. The first kappa shape index (κ1) is 26.7. The number of aryl methyl sites for hydroxylation is 1. The predicted molar refractivity (Wildman–Crippen MR) is 165 cm³/mol. The van der Waals surface area contributed by atoms with E-state index in [4.69, 9.17) is 0 Å². The largest absolute Gasteiger partial charge is 0.476 e. The predicted octanol–water partition coefficient (Wildman–Crippen LogP) is 8.01. The lowest BCUT2D eigenvalue weighted by Gasteiger charge is -2.29. The van der Waals surface area contributed by atoms with Crippen LogP contribution in [-0.2, 0) is 11.8 Å². The van der Waals surface area contributed by atoms with Gasteiger partial charge in [-0.15, -0.1) is 0 Å². The SMILES string of the molecule is CC(C)(C)c1ccc(-c2ccc(-c3ccc4c(c3)N(C(=O)Nc3nc5ccccc5s3)CCC4)nc2C(=O)O)cc1. The van der Waals surface area contributed by atoms with E-state index in [2.05, 4.69) is 36.1 Å². The number of carbonyl (C=O) groups excluding carboxylic acids is 1. The first-order valence-electron chi connectivity index (χ1n) is 13.6. The molecule has 2 amide bonds. The van der Waals surface area contributed by atoms with E-state index < -0.39 is 5.97 Å². The van der Waals surface area contributed by atoms with Crippen LogP contribution in [-0.4, -0.2) is 33.6 Å². The first-order valence-corrected chi connectivity index (χ1v) is 14.4. The van der Waals surface area contributed by atoms with E-state index in [1.165, 1.54) is 16.9 Å². The molecule has 1 aliphatic heterocycles. The van der Waals surface area contributed by atoms with Gasteiger partial charge >= 0.3 is 12.0 Å². The Morgan fingerprint density at radius 2 is 1.68 bits per heavy atom. The Labute approximate surface area is 242 Å². The number of thiazole rings is 1. The Kier molecular flexibility index (Phi) is 6.79. The number of anilines is 2. The summed E-state index contributed by atoms with van der Waals surface area (Å²) >= 11 is 1.44. The number of urea groups is 1. The number of carboxylic acid groups (broad SMARTS) is 1. The number of hydrogen-bond acceptors (Lipinski definition) is 5. The number of benzene rings is 3. The summed E-state index contributed by atoms with van der Waals surface area (Å²) in [7, 11) is 0. The highest BCUT2D eigenvalue weighted by molar-refractivity contribution is 7.22. The monoisotopic (exact) mass is 562 g/mol. The number of para-hydroxylation sites is 1. The van der Waals surface area contributed by atoms with Crippen LogP contribution in [0.15, 0.2) is 78.9 Å². The number of hydrogen-bond donors (Lipinski definition) is 2. The minimum Gasteiger partial charge on any atom is -0.476 e. The maximum Gasteiger partial charge on any atom is 0.355 e. The van der Waals surface area contributed by atoms with E-state index in [0.717, 1.165) is 45.4 Å². The second-order valence-corrected chi connectivity index (χ2v) is 12.3. The molecule has 3 aromatic carbocycles. The summed E-state index contributed by atoms with van der Waals surface area (Å²) in [6, 6.07) is 25.0. The molecule has 1 aliphatic rings. The normalized spacial score (nSPS) is 13.2. The van der Waals surface area contributed by atoms with Gasteiger partial charge in [-0.05, 0) is 65.3 Å². The van der Waals surface area contributed by atoms with E-state index in [-0.39, 0.29) is 17.1 Å². The van der Waals surface area contributed by atoms with Gasteiger partial charge in [-0.3, -0.25) is 10.2 Å². The first-order chi connectivity index (χ1) is 19.7. The maximum atomic E-state index is 13.4. The summed E-state index contributed by atoms with van der Waals surface area (Å²) in [5.41, 5.74) is 6.54. The van der Waals surface area contributed by atoms with Gasteiger partial charge < -0.3 is 5.11 Å².